The summed E-state index contributed by atoms with van der Waals surface area (Å²) in [4.78, 5) is 29.5. The third-order valence-corrected chi connectivity index (χ3v) is 21.5. The summed E-state index contributed by atoms with van der Waals surface area (Å²) in [6, 6.07) is 56.8. The number of rotatable bonds is 20. The molecule has 0 amide bonds. The monoisotopic (exact) mass is 2200 g/mol. The van der Waals surface area contributed by atoms with Crippen LogP contribution in [0.15, 0.2) is 146 Å². The van der Waals surface area contributed by atoms with Crippen molar-refractivity contribution in [3.63, 3.8) is 0 Å². The van der Waals surface area contributed by atoms with Crippen molar-refractivity contribution in [3.8, 4) is 74.4 Å². The van der Waals surface area contributed by atoms with Gasteiger partial charge in [0.1, 0.15) is 0 Å². The predicted octanol–water partition coefficient (Wildman–Crippen LogP) is 25.2. The number of imidazole rings is 3. The van der Waals surface area contributed by atoms with Crippen LogP contribution in [0, 0.1) is 77.9 Å². The average Bonchev–Trinajstić information content (AvgIpc) is 1.57. The molecule has 0 saturated heterocycles. The number of hydrogen-bond acceptors (Lipinski definition) is 13. The van der Waals surface area contributed by atoms with Crippen LogP contribution in [0.5, 0.6) is 46.1 Å². The molecule has 22 heteroatoms. The summed E-state index contributed by atoms with van der Waals surface area (Å²) in [5.74, 6) is 5.93. The van der Waals surface area contributed by atoms with Crippen LogP contribution in [0.25, 0.3) is 45.3 Å². The standard InChI is InChI=1S/C36H43N5O.C33H37N5O2.C33H37N5O.3Pt/c1-22(2)32-33(23(3)4)40-21-29(42-28-14-12-13-27(19-28)41-25(6)17-24(5)39-41)20-30(34(40)38-32)36(10,11)31-18-26(15-16-37-31)35(7,8)9;1-20(2)30-31(21(3)4)37-19-27(39-26-12-10-11-25(17-26)38-23(6)15-22(5)36-38)18-28(32(37)35-30)40-29-16-24(13-14-34-29)33(7,8)9;1-20(2)30-31(21(3)4)37-19-27(39-26-12-10-11-25(17-26)38-23(6)15-22(5)36-38)18-28(32(37)35-30)29-16-24(13-14-34-29)33(7,8)9;;;/h12-18,21-23H,1-11H3;10-16,19-21H,1-9H3;10-16,19-21H,1-9H3;;;/q3*-2;3*+2. The van der Waals surface area contributed by atoms with Gasteiger partial charge in [0.15, 0.2) is 0 Å². The van der Waals surface area contributed by atoms with Gasteiger partial charge in [-0.2, -0.15) is 33.5 Å². The first-order valence-corrected chi connectivity index (χ1v) is 42.2. The van der Waals surface area contributed by atoms with Crippen LogP contribution in [0.4, 0.5) is 0 Å². The first kappa shape index (κ1) is 96.3. The minimum absolute atomic E-state index is 0. The summed E-state index contributed by atoms with van der Waals surface area (Å²) >= 11 is 0. The van der Waals surface area contributed by atoms with E-state index in [0.717, 1.165) is 113 Å². The molecule has 15 rings (SSSR count). The van der Waals surface area contributed by atoms with Crippen LogP contribution in [0.3, 0.4) is 0 Å². The van der Waals surface area contributed by atoms with E-state index in [1.165, 1.54) is 22.5 Å². The van der Waals surface area contributed by atoms with Gasteiger partial charge in [-0.25, -0.2) is 4.98 Å². The van der Waals surface area contributed by atoms with Gasteiger partial charge in [0.05, 0.1) is 45.6 Å². The second kappa shape index (κ2) is 38.5. The van der Waals surface area contributed by atoms with Gasteiger partial charge in [0.2, 0.25) is 5.88 Å². The Morgan fingerprint density at radius 3 is 1.09 bits per heavy atom. The molecule has 654 valence electrons. The zero-order chi connectivity index (χ0) is 87.4. The number of benzene rings is 3. The molecule has 0 aliphatic rings. The molecule has 0 bridgehead atoms. The number of pyridine rings is 6. The summed E-state index contributed by atoms with van der Waals surface area (Å²) in [5, 5.41) is 13.8. The molecular weight excluding hydrogens is 2080 g/mol. The molecule has 0 radical (unpaired) electrons. The molecular formula is C102H117N15O4Pt3. The van der Waals surface area contributed by atoms with E-state index in [1.807, 2.05) is 165 Å². The van der Waals surface area contributed by atoms with Crippen molar-refractivity contribution in [1.29, 1.82) is 0 Å². The van der Waals surface area contributed by atoms with Gasteiger partial charge in [-0.15, -0.1) is 66.2 Å². The summed E-state index contributed by atoms with van der Waals surface area (Å²) < 4.78 is 37.8. The average molecular weight is 2200 g/mol. The Bertz CT molecular complexity index is 6280. The van der Waals surface area contributed by atoms with Gasteiger partial charge in [0.25, 0.3) is 0 Å². The third kappa shape index (κ3) is 21.1. The van der Waals surface area contributed by atoms with Crippen molar-refractivity contribution in [2.24, 2.45) is 0 Å². The van der Waals surface area contributed by atoms with Crippen molar-refractivity contribution in [2.75, 3.05) is 0 Å². The molecule has 0 fully saturated rings. The fourth-order valence-electron chi connectivity index (χ4n) is 15.4. The number of aryl methyl sites for hydroxylation is 6. The van der Waals surface area contributed by atoms with Crippen LogP contribution in [-0.2, 0) is 84.9 Å². The van der Waals surface area contributed by atoms with Gasteiger partial charge < -0.3 is 37.1 Å². The van der Waals surface area contributed by atoms with Crippen molar-refractivity contribution in [2.45, 2.75) is 258 Å². The van der Waals surface area contributed by atoms with Gasteiger partial charge in [-0.05, 0) is 181 Å². The van der Waals surface area contributed by atoms with Gasteiger partial charge >= 0.3 is 63.2 Å². The minimum Gasteiger partial charge on any atom is -0.508 e. The van der Waals surface area contributed by atoms with E-state index in [9.17, 15) is 0 Å². The smallest absolute Gasteiger partial charge is 0.508 e. The number of aromatic nitrogens is 15. The zero-order valence-electron chi connectivity index (χ0n) is 77.1. The molecule has 12 heterocycles. The van der Waals surface area contributed by atoms with Crippen molar-refractivity contribution in [3.05, 3.63) is 279 Å². The maximum absolute atomic E-state index is 6.53. The second-order valence-corrected chi connectivity index (χ2v) is 37.3. The molecule has 0 aliphatic carbocycles. The molecule has 124 heavy (non-hydrogen) atoms. The Morgan fingerprint density at radius 2 is 0.694 bits per heavy atom. The van der Waals surface area contributed by atoms with E-state index in [1.54, 1.807) is 6.20 Å². The molecule has 15 aromatic rings. The molecule has 0 spiro atoms. The van der Waals surface area contributed by atoms with E-state index < -0.39 is 5.41 Å². The van der Waals surface area contributed by atoms with Crippen molar-refractivity contribution < 1.29 is 82.1 Å². The minimum atomic E-state index is -0.495. The second-order valence-electron chi connectivity index (χ2n) is 37.3. The van der Waals surface area contributed by atoms with Crippen LogP contribution in [0.1, 0.15) is 291 Å². The van der Waals surface area contributed by atoms with E-state index in [-0.39, 0.29) is 115 Å². The Hall–Kier alpha value is -9.93. The van der Waals surface area contributed by atoms with Crippen LogP contribution >= 0.6 is 0 Å². The molecule has 0 unspecified atom stereocenters. The normalized spacial score (nSPS) is 12.0. The van der Waals surface area contributed by atoms with Crippen molar-refractivity contribution >= 4 is 16.9 Å². The van der Waals surface area contributed by atoms with E-state index in [0.29, 0.717) is 51.8 Å². The largest absolute Gasteiger partial charge is 2.00 e. The van der Waals surface area contributed by atoms with E-state index in [2.05, 4.69) is 259 Å². The fraction of sp³-hybridized carbons (Fsp3) is 0.382. The maximum atomic E-state index is 6.53. The Kier molecular flexibility index (Phi) is 29.9. The van der Waals surface area contributed by atoms with Gasteiger partial charge in [0, 0.05) is 116 Å². The topological polar surface area (TPSA) is 181 Å². The molecule has 0 atom stereocenters. The van der Waals surface area contributed by atoms with Crippen molar-refractivity contribution in [1.82, 2.24) is 72.4 Å². The number of fused-ring (bicyclic) bond motifs is 3. The van der Waals surface area contributed by atoms with Crippen LogP contribution in [-0.4, -0.2) is 72.4 Å². The Labute approximate surface area is 776 Å². The number of nitrogens with zero attached hydrogens (tertiary/aromatic N) is 15. The Morgan fingerprint density at radius 1 is 0.339 bits per heavy atom. The molecule has 3 aromatic carbocycles. The zero-order valence-corrected chi connectivity index (χ0v) is 83.9. The Balaban J connectivity index is 0.000000192. The predicted molar refractivity (Wildman–Crippen MR) is 482 cm³/mol. The first-order valence-electron chi connectivity index (χ1n) is 42.2. The van der Waals surface area contributed by atoms with Crippen LogP contribution < -0.4 is 18.9 Å². The summed E-state index contributed by atoms with van der Waals surface area (Å²) in [5.41, 5.74) is 24.2. The van der Waals surface area contributed by atoms with Gasteiger partial charge in [-0.1, -0.05) is 195 Å². The van der Waals surface area contributed by atoms with E-state index in [4.69, 9.17) is 43.9 Å². The summed E-state index contributed by atoms with van der Waals surface area (Å²) in [6.07, 6.45) is 11.5. The quantitative estimate of drug-likeness (QED) is 0.0658. The molecule has 19 nitrogen and oxygen atoms in total. The van der Waals surface area contributed by atoms with Gasteiger partial charge in [-0.3, -0.25) is 34.0 Å². The summed E-state index contributed by atoms with van der Waals surface area (Å²) in [6.45, 7) is 62.6. The molecule has 0 aliphatic heterocycles. The summed E-state index contributed by atoms with van der Waals surface area (Å²) in [7, 11) is 0. The molecule has 12 aromatic heterocycles. The SMILES string of the molecule is Cc1cc(C)n(-c2[c-]c(Oc3[c-]c(-c4cc(C(C)(C)C)ccn4)c4nc(C(C)C)c(C(C)C)n4c3)ccc2)n1.Cc1cc(C)n(-c2[c-]c(Oc3[c-]c(C(C)(C)c4cc(C(C)(C)C)ccn4)c4nc(C(C)C)c(C(C)C)n4c3)ccc2)n1.Cc1cc(C)n(-c2[c-]c(Oc3[c-]c(Oc4cc(C(C)(C)C)ccn4)c4nc(C(C)C)c(C(C)C)n4c3)ccc2)n1.[Pt+2].[Pt+2].[Pt+2]. The molecule has 0 N–H and O–H groups in total. The number of hydrogen-bond donors (Lipinski definition) is 0. The number of ether oxygens (including phenoxy) is 4. The maximum Gasteiger partial charge on any atom is 2.00 e. The first-order chi connectivity index (χ1) is 57.0. The third-order valence-electron chi connectivity index (χ3n) is 21.5. The van der Waals surface area contributed by atoms with Crippen LogP contribution in [0.2, 0.25) is 0 Å². The fourth-order valence-corrected chi connectivity index (χ4v) is 15.4. The van der Waals surface area contributed by atoms with E-state index >= 15 is 0 Å². The molecule has 0 saturated carbocycles.